The minimum Gasteiger partial charge on any atom is -0.447 e. The van der Waals surface area contributed by atoms with Gasteiger partial charge in [0.2, 0.25) is 5.78 Å². The molecule has 0 aromatic heterocycles. The van der Waals surface area contributed by atoms with Crippen LogP contribution in [0.1, 0.15) is 40.5 Å². The summed E-state index contributed by atoms with van der Waals surface area (Å²) in [5.41, 5.74) is -0.149. The van der Waals surface area contributed by atoms with Crippen LogP contribution in [0.5, 0.6) is 0 Å². The number of benzene rings is 2. The quantitative estimate of drug-likeness (QED) is 0.621. The van der Waals surface area contributed by atoms with Crippen LogP contribution in [0.25, 0.3) is 0 Å². The van der Waals surface area contributed by atoms with E-state index in [2.05, 4.69) is 21.2 Å². The van der Waals surface area contributed by atoms with Crippen molar-refractivity contribution in [1.29, 1.82) is 0 Å². The molecule has 2 aromatic carbocycles. The lowest BCUT2D eigenvalue weighted by atomic mass is 9.81. The Morgan fingerprint density at radius 3 is 2.48 bits per heavy atom. The third-order valence-corrected chi connectivity index (χ3v) is 5.18. The molecule has 2 aromatic rings. The van der Waals surface area contributed by atoms with E-state index in [0.29, 0.717) is 35.0 Å². The molecule has 0 bridgehead atoms. The van der Waals surface area contributed by atoms with E-state index >= 15 is 0 Å². The second kappa shape index (κ2) is 7.50. The lowest BCUT2D eigenvalue weighted by Crippen LogP contribution is -2.54. The Hall–Kier alpha value is -1.98. The summed E-state index contributed by atoms with van der Waals surface area (Å²) in [5.74, 6) is -0.618. The van der Waals surface area contributed by atoms with Gasteiger partial charge in [-0.1, -0.05) is 42.5 Å². The number of Topliss-reactive ketones (excluding diaryl/α,β-unsaturated/α-hetero) is 1. The number of hydrogen-bond donors (Lipinski definition) is 1. The van der Waals surface area contributed by atoms with Crippen molar-refractivity contribution in [3.05, 3.63) is 70.2 Å². The first-order valence-electron chi connectivity index (χ1n) is 8.33. The van der Waals surface area contributed by atoms with Crippen molar-refractivity contribution < 1.29 is 14.3 Å². The SMILES string of the molecule is CC1CC(OC(=O)c2ccccc2Br)(C(=O)c2ccccc2)CCN1. The summed E-state index contributed by atoms with van der Waals surface area (Å²) in [5, 5.41) is 3.31. The molecule has 0 amide bonds. The molecule has 1 fully saturated rings. The van der Waals surface area contributed by atoms with E-state index in [4.69, 9.17) is 4.74 Å². The van der Waals surface area contributed by atoms with Gasteiger partial charge in [-0.2, -0.15) is 0 Å². The van der Waals surface area contributed by atoms with Crippen molar-refractivity contribution in [3.63, 3.8) is 0 Å². The van der Waals surface area contributed by atoms with Gasteiger partial charge < -0.3 is 10.1 Å². The Kier molecular flexibility index (Phi) is 5.35. The van der Waals surface area contributed by atoms with E-state index in [1.54, 1.807) is 30.3 Å². The molecule has 0 saturated carbocycles. The van der Waals surface area contributed by atoms with Crippen molar-refractivity contribution in [2.75, 3.05) is 6.54 Å². The standard InChI is InChI=1S/C20H20BrNO3/c1-14-13-20(11-12-22-14,18(23)15-7-3-2-4-8-15)25-19(24)16-9-5-6-10-17(16)21/h2-10,14,22H,11-13H2,1H3. The summed E-state index contributed by atoms with van der Waals surface area (Å²) in [6.07, 6.45) is 0.915. The normalized spacial score (nSPS) is 23.0. The smallest absolute Gasteiger partial charge is 0.340 e. The van der Waals surface area contributed by atoms with Gasteiger partial charge in [-0.15, -0.1) is 0 Å². The summed E-state index contributed by atoms with van der Waals surface area (Å²) in [7, 11) is 0. The highest BCUT2D eigenvalue weighted by molar-refractivity contribution is 9.10. The lowest BCUT2D eigenvalue weighted by Gasteiger charge is -2.38. The van der Waals surface area contributed by atoms with Crippen LogP contribution in [-0.2, 0) is 4.74 Å². The fraction of sp³-hybridized carbons (Fsp3) is 0.300. The molecule has 4 nitrogen and oxygen atoms in total. The van der Waals surface area contributed by atoms with Crippen LogP contribution in [0, 0.1) is 0 Å². The van der Waals surface area contributed by atoms with Crippen molar-refractivity contribution in [1.82, 2.24) is 5.32 Å². The molecule has 1 aliphatic heterocycles. The van der Waals surface area contributed by atoms with Crippen LogP contribution in [0.2, 0.25) is 0 Å². The van der Waals surface area contributed by atoms with Crippen LogP contribution >= 0.6 is 15.9 Å². The molecule has 1 aliphatic rings. The Morgan fingerprint density at radius 1 is 1.12 bits per heavy atom. The Bertz CT molecular complexity index is 778. The third kappa shape index (κ3) is 3.83. The minimum atomic E-state index is -1.14. The molecule has 2 unspecified atom stereocenters. The average Bonchev–Trinajstić information content (AvgIpc) is 2.62. The number of esters is 1. The molecule has 0 aliphatic carbocycles. The first kappa shape index (κ1) is 17.8. The van der Waals surface area contributed by atoms with Gasteiger partial charge in [-0.3, -0.25) is 4.79 Å². The first-order valence-corrected chi connectivity index (χ1v) is 9.12. The summed E-state index contributed by atoms with van der Waals surface area (Å²) in [6, 6.07) is 16.2. The number of carbonyl (C=O) groups is 2. The topological polar surface area (TPSA) is 55.4 Å². The zero-order valence-electron chi connectivity index (χ0n) is 14.0. The highest BCUT2D eigenvalue weighted by atomic mass is 79.9. The fourth-order valence-electron chi connectivity index (χ4n) is 3.25. The first-order chi connectivity index (χ1) is 12.0. The summed E-state index contributed by atoms with van der Waals surface area (Å²) in [4.78, 5) is 26.0. The summed E-state index contributed by atoms with van der Waals surface area (Å²) < 4.78 is 6.53. The zero-order chi connectivity index (χ0) is 17.9. The highest BCUT2D eigenvalue weighted by Crippen LogP contribution is 2.32. The van der Waals surface area contributed by atoms with Crippen LogP contribution in [0.4, 0.5) is 0 Å². The molecule has 130 valence electrons. The third-order valence-electron chi connectivity index (χ3n) is 4.49. The highest BCUT2D eigenvalue weighted by Gasteiger charge is 2.45. The van der Waals surface area contributed by atoms with Gasteiger partial charge >= 0.3 is 5.97 Å². The second-order valence-corrected chi connectivity index (χ2v) is 7.22. The van der Waals surface area contributed by atoms with Crippen molar-refractivity contribution in [2.45, 2.75) is 31.4 Å². The molecule has 5 heteroatoms. The van der Waals surface area contributed by atoms with Crippen molar-refractivity contribution in [2.24, 2.45) is 0 Å². The summed E-state index contributed by atoms with van der Waals surface area (Å²) >= 11 is 3.38. The second-order valence-electron chi connectivity index (χ2n) is 6.37. The summed E-state index contributed by atoms with van der Waals surface area (Å²) in [6.45, 7) is 2.63. The number of carbonyl (C=O) groups excluding carboxylic acids is 2. The monoisotopic (exact) mass is 401 g/mol. The average molecular weight is 402 g/mol. The van der Waals surface area contributed by atoms with Gasteiger partial charge in [-0.25, -0.2) is 4.79 Å². The van der Waals surface area contributed by atoms with Crippen molar-refractivity contribution >= 4 is 27.7 Å². The number of ether oxygens (including phenoxy) is 1. The number of piperidine rings is 1. The predicted octanol–water partition coefficient (Wildman–Crippen LogP) is 4.00. The van der Waals surface area contributed by atoms with Gasteiger partial charge in [-0.05, 0) is 41.5 Å². The van der Waals surface area contributed by atoms with E-state index in [1.165, 1.54) is 0 Å². The number of rotatable bonds is 4. The zero-order valence-corrected chi connectivity index (χ0v) is 15.6. The van der Waals surface area contributed by atoms with E-state index in [-0.39, 0.29) is 11.8 Å². The van der Waals surface area contributed by atoms with Crippen LogP contribution < -0.4 is 5.32 Å². The maximum Gasteiger partial charge on any atom is 0.340 e. The fourth-order valence-corrected chi connectivity index (χ4v) is 3.69. The molecular formula is C20H20BrNO3. The molecule has 1 heterocycles. The Labute approximate surface area is 155 Å². The molecule has 0 spiro atoms. The van der Waals surface area contributed by atoms with Crippen LogP contribution in [-0.4, -0.2) is 29.9 Å². The van der Waals surface area contributed by atoms with Crippen LogP contribution in [0.3, 0.4) is 0 Å². The largest absolute Gasteiger partial charge is 0.447 e. The predicted molar refractivity (Wildman–Crippen MR) is 99.8 cm³/mol. The van der Waals surface area contributed by atoms with Gasteiger partial charge in [0.05, 0.1) is 5.56 Å². The molecule has 2 atom stereocenters. The molecule has 1 N–H and O–H groups in total. The van der Waals surface area contributed by atoms with E-state index < -0.39 is 11.6 Å². The Morgan fingerprint density at radius 2 is 1.80 bits per heavy atom. The van der Waals surface area contributed by atoms with Crippen molar-refractivity contribution in [3.8, 4) is 0 Å². The van der Waals surface area contributed by atoms with Crippen LogP contribution in [0.15, 0.2) is 59.1 Å². The van der Waals surface area contributed by atoms with E-state index in [9.17, 15) is 9.59 Å². The molecule has 3 rings (SSSR count). The minimum absolute atomic E-state index is 0.0911. The Balaban J connectivity index is 1.94. The molecule has 1 saturated heterocycles. The number of hydrogen-bond acceptors (Lipinski definition) is 4. The van der Waals surface area contributed by atoms with Gasteiger partial charge in [0.25, 0.3) is 0 Å². The van der Waals surface area contributed by atoms with Gasteiger partial charge in [0.1, 0.15) is 0 Å². The molecular weight excluding hydrogens is 382 g/mol. The molecule has 25 heavy (non-hydrogen) atoms. The maximum atomic E-state index is 13.2. The number of ketones is 1. The van der Waals surface area contributed by atoms with Gasteiger partial charge in [0, 0.05) is 28.9 Å². The number of nitrogens with one attached hydrogen (secondary N) is 1. The maximum absolute atomic E-state index is 13.2. The number of halogens is 1. The van der Waals surface area contributed by atoms with Gasteiger partial charge in [0.15, 0.2) is 5.60 Å². The molecule has 0 radical (unpaired) electrons. The lowest BCUT2D eigenvalue weighted by molar-refractivity contribution is -0.0266. The van der Waals surface area contributed by atoms with E-state index in [1.807, 2.05) is 31.2 Å². The van der Waals surface area contributed by atoms with E-state index in [0.717, 1.165) is 0 Å².